The highest BCUT2D eigenvalue weighted by Crippen LogP contribution is 2.21. The van der Waals surface area contributed by atoms with Crippen molar-refractivity contribution in [1.29, 1.82) is 0 Å². The van der Waals surface area contributed by atoms with Crippen LogP contribution in [0.25, 0.3) is 11.1 Å². The first-order chi connectivity index (χ1) is 10.7. The maximum absolute atomic E-state index is 9.78. The number of benzene rings is 2. The maximum Gasteiger partial charge on any atom is 0.0964 e. The Labute approximate surface area is 130 Å². The Balaban J connectivity index is 1.51. The van der Waals surface area contributed by atoms with Crippen LogP contribution in [0.1, 0.15) is 6.42 Å². The monoisotopic (exact) mass is 298 g/mol. The minimum absolute atomic E-state index is 0.0360. The van der Waals surface area contributed by atoms with Crippen molar-refractivity contribution in [3.05, 3.63) is 54.6 Å². The van der Waals surface area contributed by atoms with Crippen LogP contribution in [0.5, 0.6) is 0 Å². The second kappa shape index (κ2) is 6.92. The average Bonchev–Trinajstić information content (AvgIpc) is 2.88. The van der Waals surface area contributed by atoms with E-state index in [4.69, 9.17) is 0 Å². The first-order valence-electron chi connectivity index (χ1n) is 7.73. The standard InChI is InChI=1S/C18H22N2O2/c21-17-12-20-16(18(17)22)10-11-19-15-8-6-14(7-9-15)13-4-2-1-3-5-13/h1-9,16-22H,10-12H2/t16-,17-,18+/m1/s1. The molecule has 3 atom stereocenters. The van der Waals surface area contributed by atoms with E-state index >= 15 is 0 Å². The Kier molecular flexibility index (Phi) is 4.73. The molecule has 1 heterocycles. The fraction of sp³-hybridized carbons (Fsp3) is 0.333. The van der Waals surface area contributed by atoms with Gasteiger partial charge in [0.2, 0.25) is 0 Å². The summed E-state index contributed by atoms with van der Waals surface area (Å²) in [7, 11) is 0. The highest BCUT2D eigenvalue weighted by molar-refractivity contribution is 5.65. The third-order valence-electron chi connectivity index (χ3n) is 4.17. The van der Waals surface area contributed by atoms with Gasteiger partial charge in [0.1, 0.15) is 0 Å². The van der Waals surface area contributed by atoms with E-state index in [1.54, 1.807) is 0 Å². The van der Waals surface area contributed by atoms with Crippen molar-refractivity contribution in [3.63, 3.8) is 0 Å². The van der Waals surface area contributed by atoms with Crippen molar-refractivity contribution < 1.29 is 10.2 Å². The molecule has 2 aromatic rings. The molecule has 0 amide bonds. The number of β-amino-alcohol motifs (C(OH)–C–C–N with tert-alkyl or cyclic N) is 1. The quantitative estimate of drug-likeness (QED) is 0.680. The summed E-state index contributed by atoms with van der Waals surface area (Å²) in [5.41, 5.74) is 3.47. The molecule has 1 saturated heterocycles. The van der Waals surface area contributed by atoms with E-state index in [9.17, 15) is 10.2 Å². The summed E-state index contributed by atoms with van der Waals surface area (Å²) in [5.74, 6) is 0. The lowest BCUT2D eigenvalue weighted by atomic mass is 10.1. The highest BCUT2D eigenvalue weighted by atomic mass is 16.3. The van der Waals surface area contributed by atoms with Crippen molar-refractivity contribution in [2.45, 2.75) is 24.7 Å². The van der Waals surface area contributed by atoms with Crippen molar-refractivity contribution in [3.8, 4) is 11.1 Å². The summed E-state index contributed by atoms with van der Waals surface area (Å²) in [6.45, 7) is 1.23. The van der Waals surface area contributed by atoms with Gasteiger partial charge in [-0.25, -0.2) is 0 Å². The summed E-state index contributed by atoms with van der Waals surface area (Å²) in [6.07, 6.45) is -0.531. The number of nitrogens with one attached hydrogen (secondary N) is 2. The van der Waals surface area contributed by atoms with Crippen molar-refractivity contribution in [2.24, 2.45) is 0 Å². The second-order valence-electron chi connectivity index (χ2n) is 5.73. The Morgan fingerprint density at radius 2 is 1.64 bits per heavy atom. The van der Waals surface area contributed by atoms with Gasteiger partial charge >= 0.3 is 0 Å². The Morgan fingerprint density at radius 3 is 2.27 bits per heavy atom. The topological polar surface area (TPSA) is 64.5 Å². The van der Waals surface area contributed by atoms with E-state index in [-0.39, 0.29) is 6.04 Å². The molecule has 116 valence electrons. The van der Waals surface area contributed by atoms with Crippen molar-refractivity contribution in [2.75, 3.05) is 18.4 Å². The van der Waals surface area contributed by atoms with E-state index < -0.39 is 12.2 Å². The number of hydrogen-bond acceptors (Lipinski definition) is 4. The zero-order valence-corrected chi connectivity index (χ0v) is 12.4. The molecule has 1 aliphatic heterocycles. The molecular weight excluding hydrogens is 276 g/mol. The molecule has 0 aromatic heterocycles. The predicted molar refractivity (Wildman–Crippen MR) is 88.8 cm³/mol. The summed E-state index contributed by atoms with van der Waals surface area (Å²) < 4.78 is 0. The highest BCUT2D eigenvalue weighted by Gasteiger charge is 2.32. The summed E-state index contributed by atoms with van der Waals surface area (Å²) in [6, 6.07) is 18.6. The third kappa shape index (κ3) is 3.47. The lowest BCUT2D eigenvalue weighted by Gasteiger charge is -2.16. The van der Waals surface area contributed by atoms with Crippen LogP contribution >= 0.6 is 0 Å². The van der Waals surface area contributed by atoms with Crippen molar-refractivity contribution >= 4 is 5.69 Å². The number of rotatable bonds is 5. The Bertz CT molecular complexity index is 586. The van der Waals surface area contributed by atoms with Gasteiger partial charge in [0.25, 0.3) is 0 Å². The molecule has 0 radical (unpaired) electrons. The number of aliphatic hydroxyl groups is 2. The molecule has 1 aliphatic rings. The first-order valence-corrected chi connectivity index (χ1v) is 7.73. The van der Waals surface area contributed by atoms with Gasteiger partial charge in [-0.15, -0.1) is 0 Å². The number of aliphatic hydroxyl groups excluding tert-OH is 2. The Hall–Kier alpha value is -1.88. The van der Waals surface area contributed by atoms with Gasteiger partial charge in [-0.1, -0.05) is 42.5 Å². The third-order valence-corrected chi connectivity index (χ3v) is 4.17. The van der Waals surface area contributed by atoms with Crippen LogP contribution in [-0.2, 0) is 0 Å². The normalized spacial score (nSPS) is 24.4. The van der Waals surface area contributed by atoms with Crippen molar-refractivity contribution in [1.82, 2.24) is 5.32 Å². The first kappa shape index (κ1) is 15.0. The smallest absolute Gasteiger partial charge is 0.0964 e. The fourth-order valence-corrected chi connectivity index (χ4v) is 2.84. The molecule has 22 heavy (non-hydrogen) atoms. The van der Waals surface area contributed by atoms with Gasteiger partial charge in [-0.3, -0.25) is 0 Å². The zero-order chi connectivity index (χ0) is 15.4. The van der Waals surface area contributed by atoms with Crippen LogP contribution in [0.3, 0.4) is 0 Å². The van der Waals surface area contributed by atoms with Gasteiger partial charge in [0, 0.05) is 24.8 Å². The predicted octanol–water partition coefficient (Wildman–Crippen LogP) is 1.85. The molecule has 3 rings (SSSR count). The molecule has 0 unspecified atom stereocenters. The van der Waals surface area contributed by atoms with E-state index in [0.717, 1.165) is 18.7 Å². The summed E-state index contributed by atoms with van der Waals surface area (Å²) in [5, 5.41) is 25.8. The van der Waals surface area contributed by atoms with Gasteiger partial charge in [-0.05, 0) is 29.7 Å². The second-order valence-corrected chi connectivity index (χ2v) is 5.73. The minimum Gasteiger partial charge on any atom is -0.389 e. The summed E-state index contributed by atoms with van der Waals surface area (Å²) >= 11 is 0. The molecule has 1 fully saturated rings. The van der Waals surface area contributed by atoms with E-state index in [2.05, 4.69) is 47.0 Å². The molecule has 0 aliphatic carbocycles. The fourth-order valence-electron chi connectivity index (χ4n) is 2.84. The van der Waals surface area contributed by atoms with Gasteiger partial charge in [0.05, 0.1) is 12.2 Å². The van der Waals surface area contributed by atoms with Crippen LogP contribution in [0.15, 0.2) is 54.6 Å². The molecule has 2 aromatic carbocycles. The average molecular weight is 298 g/mol. The van der Waals surface area contributed by atoms with Crippen LogP contribution in [0, 0.1) is 0 Å². The number of anilines is 1. The number of hydrogen-bond donors (Lipinski definition) is 4. The largest absolute Gasteiger partial charge is 0.389 e. The zero-order valence-electron chi connectivity index (χ0n) is 12.4. The Morgan fingerprint density at radius 1 is 0.955 bits per heavy atom. The van der Waals surface area contributed by atoms with Crippen LogP contribution in [0.2, 0.25) is 0 Å². The molecule has 4 nitrogen and oxygen atoms in total. The lowest BCUT2D eigenvalue weighted by Crippen LogP contribution is -2.34. The van der Waals surface area contributed by atoms with Gasteiger partial charge < -0.3 is 20.8 Å². The van der Waals surface area contributed by atoms with Crippen LogP contribution in [0.4, 0.5) is 5.69 Å². The van der Waals surface area contributed by atoms with E-state index in [0.29, 0.717) is 6.54 Å². The van der Waals surface area contributed by atoms with Crippen LogP contribution < -0.4 is 10.6 Å². The van der Waals surface area contributed by atoms with Gasteiger partial charge in [0.15, 0.2) is 0 Å². The van der Waals surface area contributed by atoms with E-state index in [1.165, 1.54) is 11.1 Å². The minimum atomic E-state index is -0.665. The summed E-state index contributed by atoms with van der Waals surface area (Å²) in [4.78, 5) is 0. The molecule has 0 spiro atoms. The lowest BCUT2D eigenvalue weighted by molar-refractivity contribution is 0.0399. The molecule has 0 saturated carbocycles. The molecule has 4 N–H and O–H groups in total. The molecule has 0 bridgehead atoms. The van der Waals surface area contributed by atoms with E-state index in [1.807, 2.05) is 18.2 Å². The molecule has 4 heteroatoms. The maximum atomic E-state index is 9.78. The SMILES string of the molecule is O[C@@H]1[C@H](O)CN[C@@H]1CCNc1ccc(-c2ccccc2)cc1. The van der Waals surface area contributed by atoms with Crippen LogP contribution in [-0.4, -0.2) is 41.6 Å². The molecular formula is C18H22N2O2. The van der Waals surface area contributed by atoms with Gasteiger partial charge in [-0.2, -0.15) is 0 Å².